The number of nitrogens with one attached hydrogen (secondary N) is 1. The van der Waals surface area contributed by atoms with E-state index in [1.54, 1.807) is 11.1 Å². The molecule has 2 heterocycles. The highest BCUT2D eigenvalue weighted by atomic mass is 16.4. The molecule has 2 N–H and O–H groups in total. The van der Waals surface area contributed by atoms with Crippen molar-refractivity contribution in [1.82, 2.24) is 15.2 Å². The van der Waals surface area contributed by atoms with Gasteiger partial charge in [0.05, 0.1) is 17.7 Å². The number of aliphatic carboxylic acids is 1. The SMILES string of the molecule is CC(C)C1(C(=O)O)CCN(C(=O)NCc2ccccn2)C1. The van der Waals surface area contributed by atoms with Gasteiger partial charge in [-0.15, -0.1) is 0 Å². The topological polar surface area (TPSA) is 82.5 Å². The molecule has 0 bridgehead atoms. The molecule has 0 aromatic carbocycles. The molecule has 1 aliphatic heterocycles. The quantitative estimate of drug-likeness (QED) is 0.885. The second-order valence-corrected chi connectivity index (χ2v) is 5.77. The van der Waals surface area contributed by atoms with E-state index in [9.17, 15) is 14.7 Å². The number of carboxylic acid groups (broad SMARTS) is 1. The van der Waals surface area contributed by atoms with Crippen molar-refractivity contribution < 1.29 is 14.7 Å². The summed E-state index contributed by atoms with van der Waals surface area (Å²) in [4.78, 5) is 29.4. The van der Waals surface area contributed by atoms with Gasteiger partial charge in [0.25, 0.3) is 0 Å². The number of likely N-dealkylation sites (tertiary alicyclic amines) is 1. The van der Waals surface area contributed by atoms with Gasteiger partial charge in [-0.05, 0) is 24.5 Å². The number of carbonyl (C=O) groups excluding carboxylic acids is 1. The van der Waals surface area contributed by atoms with Gasteiger partial charge in [-0.3, -0.25) is 9.78 Å². The Bertz CT molecular complexity index is 518. The number of hydrogen-bond donors (Lipinski definition) is 2. The number of urea groups is 1. The third-order valence-corrected chi connectivity index (χ3v) is 4.27. The third-order valence-electron chi connectivity index (χ3n) is 4.27. The fourth-order valence-corrected chi connectivity index (χ4v) is 2.68. The first-order chi connectivity index (χ1) is 9.95. The fraction of sp³-hybridized carbons (Fsp3) is 0.533. The van der Waals surface area contributed by atoms with Crippen LogP contribution in [0.25, 0.3) is 0 Å². The van der Waals surface area contributed by atoms with Crippen molar-refractivity contribution in [2.45, 2.75) is 26.8 Å². The van der Waals surface area contributed by atoms with E-state index in [1.165, 1.54) is 0 Å². The van der Waals surface area contributed by atoms with Crippen LogP contribution >= 0.6 is 0 Å². The molecule has 6 nitrogen and oxygen atoms in total. The largest absolute Gasteiger partial charge is 0.481 e. The number of amides is 2. The lowest BCUT2D eigenvalue weighted by atomic mass is 9.76. The van der Waals surface area contributed by atoms with E-state index >= 15 is 0 Å². The zero-order chi connectivity index (χ0) is 15.5. The van der Waals surface area contributed by atoms with E-state index in [0.717, 1.165) is 5.69 Å². The molecular weight excluding hydrogens is 270 g/mol. The van der Waals surface area contributed by atoms with Gasteiger partial charge in [0.15, 0.2) is 0 Å². The molecule has 1 aliphatic rings. The average molecular weight is 291 g/mol. The minimum Gasteiger partial charge on any atom is -0.481 e. The molecule has 0 aliphatic carbocycles. The van der Waals surface area contributed by atoms with Crippen molar-refractivity contribution in [3.63, 3.8) is 0 Å². The fourth-order valence-electron chi connectivity index (χ4n) is 2.68. The van der Waals surface area contributed by atoms with Crippen molar-refractivity contribution in [3.05, 3.63) is 30.1 Å². The smallest absolute Gasteiger partial charge is 0.317 e. The first-order valence-electron chi connectivity index (χ1n) is 7.12. The third kappa shape index (κ3) is 3.15. The molecule has 1 aromatic heterocycles. The highest BCUT2D eigenvalue weighted by Crippen LogP contribution is 2.38. The molecule has 114 valence electrons. The van der Waals surface area contributed by atoms with Crippen LogP contribution in [0.2, 0.25) is 0 Å². The van der Waals surface area contributed by atoms with Crippen molar-refractivity contribution in [3.8, 4) is 0 Å². The number of hydrogen-bond acceptors (Lipinski definition) is 3. The Hall–Kier alpha value is -2.11. The zero-order valence-electron chi connectivity index (χ0n) is 12.4. The molecule has 1 aromatic rings. The van der Waals surface area contributed by atoms with Crippen LogP contribution in [0.3, 0.4) is 0 Å². The maximum Gasteiger partial charge on any atom is 0.317 e. The number of carboxylic acids is 1. The van der Waals surface area contributed by atoms with E-state index in [-0.39, 0.29) is 18.5 Å². The minimum absolute atomic E-state index is 0.0106. The lowest BCUT2D eigenvalue weighted by Gasteiger charge is -2.28. The Morgan fingerprint density at radius 2 is 2.24 bits per heavy atom. The summed E-state index contributed by atoms with van der Waals surface area (Å²) in [7, 11) is 0. The molecule has 6 heteroatoms. The Morgan fingerprint density at radius 3 is 2.76 bits per heavy atom. The van der Waals surface area contributed by atoms with E-state index in [2.05, 4.69) is 10.3 Å². The summed E-state index contributed by atoms with van der Waals surface area (Å²) < 4.78 is 0. The van der Waals surface area contributed by atoms with Crippen molar-refractivity contribution in [2.75, 3.05) is 13.1 Å². The van der Waals surface area contributed by atoms with Gasteiger partial charge in [0.2, 0.25) is 0 Å². The average Bonchev–Trinajstić information content (AvgIpc) is 2.92. The summed E-state index contributed by atoms with van der Waals surface area (Å²) in [6.45, 7) is 4.86. The maximum absolute atomic E-state index is 12.1. The van der Waals surface area contributed by atoms with Gasteiger partial charge in [0.1, 0.15) is 0 Å². The molecule has 1 saturated heterocycles. The first kappa shape index (κ1) is 15.3. The van der Waals surface area contributed by atoms with Crippen molar-refractivity contribution in [2.24, 2.45) is 11.3 Å². The molecule has 2 rings (SSSR count). The molecule has 1 fully saturated rings. The molecular formula is C15H21N3O3. The number of carbonyl (C=O) groups is 2. The highest BCUT2D eigenvalue weighted by molar-refractivity contribution is 5.80. The van der Waals surface area contributed by atoms with E-state index in [4.69, 9.17) is 0 Å². The number of aromatic nitrogens is 1. The summed E-state index contributed by atoms with van der Waals surface area (Å²) in [5.41, 5.74) is -0.0547. The summed E-state index contributed by atoms with van der Waals surface area (Å²) in [5.74, 6) is -0.832. The predicted octanol–water partition coefficient (Wildman–Crippen LogP) is 1.72. The molecule has 21 heavy (non-hydrogen) atoms. The Morgan fingerprint density at radius 1 is 1.48 bits per heavy atom. The number of nitrogens with zero attached hydrogens (tertiary/aromatic N) is 2. The normalized spacial score (nSPS) is 21.6. The summed E-state index contributed by atoms with van der Waals surface area (Å²) in [6.07, 6.45) is 2.17. The second kappa shape index (κ2) is 6.11. The molecule has 1 atom stereocenters. The summed E-state index contributed by atoms with van der Waals surface area (Å²) >= 11 is 0. The first-order valence-corrected chi connectivity index (χ1v) is 7.12. The van der Waals surface area contributed by atoms with Gasteiger partial charge < -0.3 is 15.3 Å². The van der Waals surface area contributed by atoms with Gasteiger partial charge >= 0.3 is 12.0 Å². The minimum atomic E-state index is -0.831. The standard InChI is InChI=1S/C15H21N3O3/c1-11(2)15(13(19)20)6-8-18(10-15)14(21)17-9-12-5-3-4-7-16-12/h3-5,7,11H,6,8-10H2,1-2H3,(H,17,21)(H,19,20). The predicted molar refractivity (Wildman–Crippen MR) is 77.6 cm³/mol. The van der Waals surface area contributed by atoms with E-state index in [0.29, 0.717) is 19.5 Å². The molecule has 0 radical (unpaired) electrons. The number of rotatable bonds is 4. The number of pyridine rings is 1. The van der Waals surface area contributed by atoms with Gasteiger partial charge in [0, 0.05) is 19.3 Å². The van der Waals surface area contributed by atoms with Gasteiger partial charge in [-0.1, -0.05) is 19.9 Å². The van der Waals surface area contributed by atoms with Crippen LogP contribution in [-0.4, -0.2) is 40.1 Å². The second-order valence-electron chi connectivity index (χ2n) is 5.77. The highest BCUT2D eigenvalue weighted by Gasteiger charge is 2.48. The monoisotopic (exact) mass is 291 g/mol. The van der Waals surface area contributed by atoms with Gasteiger partial charge in [-0.2, -0.15) is 0 Å². The van der Waals surface area contributed by atoms with Gasteiger partial charge in [-0.25, -0.2) is 4.79 Å². The maximum atomic E-state index is 12.1. The summed E-state index contributed by atoms with van der Waals surface area (Å²) in [5, 5.41) is 12.3. The van der Waals surface area contributed by atoms with Crippen LogP contribution in [0.4, 0.5) is 4.79 Å². The van der Waals surface area contributed by atoms with Crippen LogP contribution < -0.4 is 5.32 Å². The van der Waals surface area contributed by atoms with Crippen LogP contribution in [0.15, 0.2) is 24.4 Å². The Kier molecular flexibility index (Phi) is 4.45. The molecule has 1 unspecified atom stereocenters. The van der Waals surface area contributed by atoms with E-state index in [1.807, 2.05) is 32.0 Å². The lowest BCUT2D eigenvalue weighted by Crippen LogP contribution is -2.43. The van der Waals surface area contributed by atoms with Crippen LogP contribution in [-0.2, 0) is 11.3 Å². The molecule has 2 amide bonds. The lowest BCUT2D eigenvalue weighted by molar-refractivity contribution is -0.150. The summed E-state index contributed by atoms with van der Waals surface area (Å²) in [6, 6.07) is 5.28. The Labute approximate surface area is 124 Å². The molecule has 0 saturated carbocycles. The van der Waals surface area contributed by atoms with Crippen molar-refractivity contribution >= 4 is 12.0 Å². The van der Waals surface area contributed by atoms with Crippen LogP contribution in [0.1, 0.15) is 26.0 Å². The van der Waals surface area contributed by atoms with Crippen molar-refractivity contribution in [1.29, 1.82) is 0 Å². The van der Waals surface area contributed by atoms with Crippen LogP contribution in [0.5, 0.6) is 0 Å². The van der Waals surface area contributed by atoms with Crippen LogP contribution in [0, 0.1) is 11.3 Å². The van der Waals surface area contributed by atoms with E-state index < -0.39 is 11.4 Å². The molecule has 0 spiro atoms. The zero-order valence-corrected chi connectivity index (χ0v) is 12.4. The Balaban J connectivity index is 1.94.